The number of halogens is 1. The molecule has 2 aromatic carbocycles. The predicted molar refractivity (Wildman–Crippen MR) is 93.2 cm³/mol. The van der Waals surface area contributed by atoms with E-state index in [1.54, 1.807) is 18.2 Å². The number of hydrogen-bond acceptors (Lipinski definition) is 6. The van der Waals surface area contributed by atoms with Gasteiger partial charge >= 0.3 is 0 Å². The van der Waals surface area contributed by atoms with Gasteiger partial charge in [-0.3, -0.25) is 0 Å². The minimum Gasteiger partial charge on any atom is -0.507 e. The van der Waals surface area contributed by atoms with Gasteiger partial charge in [-0.15, -0.1) is 10.2 Å². The molecule has 124 valence electrons. The molecule has 0 spiro atoms. The van der Waals surface area contributed by atoms with Crippen LogP contribution in [0, 0.1) is 0 Å². The van der Waals surface area contributed by atoms with Crippen molar-refractivity contribution in [2.24, 2.45) is 0 Å². The number of aromatic hydroxyl groups is 1. The van der Waals surface area contributed by atoms with Gasteiger partial charge in [-0.25, -0.2) is 0 Å². The molecular formula is C17H16ClN3O3. The molecule has 3 rings (SSSR count). The van der Waals surface area contributed by atoms with Crippen LogP contribution in [-0.2, 0) is 0 Å². The Kier molecular flexibility index (Phi) is 4.80. The Morgan fingerprint density at radius 2 is 1.79 bits per heavy atom. The van der Waals surface area contributed by atoms with E-state index in [4.69, 9.17) is 16.7 Å². The van der Waals surface area contributed by atoms with Crippen LogP contribution in [0.1, 0.15) is 0 Å². The SMILES string of the molecule is OC[C@@H](O)CNc1nnc(-c2c(O)cccc2Cl)c2ccccc12. The highest BCUT2D eigenvalue weighted by atomic mass is 35.5. The number of nitrogens with zero attached hydrogens (tertiary/aromatic N) is 2. The molecule has 1 atom stereocenters. The number of aliphatic hydroxyl groups excluding tert-OH is 2. The van der Waals surface area contributed by atoms with E-state index in [0.29, 0.717) is 22.1 Å². The van der Waals surface area contributed by atoms with Crippen molar-refractivity contribution in [3.8, 4) is 17.0 Å². The van der Waals surface area contributed by atoms with Gasteiger partial charge in [0.2, 0.25) is 0 Å². The number of aromatic nitrogens is 2. The molecule has 1 heterocycles. The first kappa shape index (κ1) is 16.4. The zero-order chi connectivity index (χ0) is 17.1. The summed E-state index contributed by atoms with van der Waals surface area (Å²) in [6.07, 6.45) is -0.891. The Balaban J connectivity index is 2.12. The number of phenols is 1. The number of hydrogen-bond donors (Lipinski definition) is 4. The van der Waals surface area contributed by atoms with Crippen LogP contribution in [0.4, 0.5) is 5.82 Å². The Morgan fingerprint density at radius 1 is 1.04 bits per heavy atom. The van der Waals surface area contributed by atoms with E-state index >= 15 is 0 Å². The standard InChI is InChI=1S/C17H16ClN3O3/c18-13-6-3-7-14(24)15(13)16-11-4-1-2-5-12(11)17(21-20-16)19-8-10(23)9-22/h1-7,10,22-24H,8-9H2,(H,19,21)/t10-/m0/s1. The Hall–Kier alpha value is -2.41. The molecule has 0 saturated heterocycles. The van der Waals surface area contributed by atoms with Crippen molar-refractivity contribution in [2.45, 2.75) is 6.10 Å². The van der Waals surface area contributed by atoms with Crippen molar-refractivity contribution in [2.75, 3.05) is 18.5 Å². The number of fused-ring (bicyclic) bond motifs is 1. The van der Waals surface area contributed by atoms with Crippen LogP contribution in [0.5, 0.6) is 5.75 Å². The molecule has 0 aliphatic carbocycles. The van der Waals surface area contributed by atoms with E-state index in [0.717, 1.165) is 10.8 Å². The van der Waals surface area contributed by atoms with Crippen LogP contribution in [-0.4, -0.2) is 44.8 Å². The lowest BCUT2D eigenvalue weighted by Crippen LogP contribution is -2.23. The second-order valence-corrected chi connectivity index (χ2v) is 5.70. The van der Waals surface area contributed by atoms with E-state index in [9.17, 15) is 10.2 Å². The maximum atomic E-state index is 10.2. The summed E-state index contributed by atoms with van der Waals surface area (Å²) in [5.74, 6) is 0.506. The lowest BCUT2D eigenvalue weighted by molar-refractivity contribution is 0.105. The third-order valence-corrected chi connectivity index (χ3v) is 3.95. The monoisotopic (exact) mass is 345 g/mol. The predicted octanol–water partition coefficient (Wildman–Crippen LogP) is 2.42. The van der Waals surface area contributed by atoms with E-state index in [-0.39, 0.29) is 18.9 Å². The lowest BCUT2D eigenvalue weighted by Gasteiger charge is -2.14. The van der Waals surface area contributed by atoms with Crippen LogP contribution in [0.3, 0.4) is 0 Å². The fourth-order valence-electron chi connectivity index (χ4n) is 2.45. The third kappa shape index (κ3) is 3.12. The number of phenolic OH excluding ortho intramolecular Hbond substituents is 1. The second kappa shape index (κ2) is 7.00. The molecule has 3 aromatic rings. The normalized spacial score (nSPS) is 12.3. The molecule has 6 nitrogen and oxygen atoms in total. The smallest absolute Gasteiger partial charge is 0.156 e. The molecule has 0 radical (unpaired) electrons. The summed E-state index contributed by atoms with van der Waals surface area (Å²) in [6.45, 7) is -0.199. The highest BCUT2D eigenvalue weighted by molar-refractivity contribution is 6.34. The summed E-state index contributed by atoms with van der Waals surface area (Å²) < 4.78 is 0. The van der Waals surface area contributed by atoms with Gasteiger partial charge in [-0.1, -0.05) is 41.9 Å². The molecule has 0 amide bonds. The fourth-order valence-corrected chi connectivity index (χ4v) is 2.70. The molecule has 7 heteroatoms. The molecular weight excluding hydrogens is 330 g/mol. The maximum absolute atomic E-state index is 10.2. The van der Waals surface area contributed by atoms with Crippen molar-refractivity contribution in [1.82, 2.24) is 10.2 Å². The maximum Gasteiger partial charge on any atom is 0.156 e. The van der Waals surface area contributed by atoms with E-state index in [1.807, 2.05) is 24.3 Å². The number of anilines is 1. The summed E-state index contributed by atoms with van der Waals surface area (Å²) >= 11 is 6.22. The summed E-state index contributed by atoms with van der Waals surface area (Å²) in [5, 5.41) is 41.8. The number of benzene rings is 2. The zero-order valence-electron chi connectivity index (χ0n) is 12.6. The first-order valence-corrected chi connectivity index (χ1v) is 7.75. The Morgan fingerprint density at radius 3 is 2.50 bits per heavy atom. The van der Waals surface area contributed by atoms with Gasteiger partial charge in [0, 0.05) is 17.3 Å². The molecule has 0 aliphatic heterocycles. The molecule has 0 unspecified atom stereocenters. The molecule has 4 N–H and O–H groups in total. The van der Waals surface area contributed by atoms with Gasteiger partial charge < -0.3 is 20.6 Å². The molecule has 0 saturated carbocycles. The second-order valence-electron chi connectivity index (χ2n) is 5.29. The summed E-state index contributed by atoms with van der Waals surface area (Å²) in [7, 11) is 0. The van der Waals surface area contributed by atoms with Gasteiger partial charge in [0.25, 0.3) is 0 Å². The van der Waals surface area contributed by atoms with Gasteiger partial charge in [-0.05, 0) is 12.1 Å². The minimum atomic E-state index is -0.891. The van der Waals surface area contributed by atoms with Crippen LogP contribution in [0.15, 0.2) is 42.5 Å². The average Bonchev–Trinajstić information content (AvgIpc) is 2.60. The topological polar surface area (TPSA) is 98.5 Å². The van der Waals surface area contributed by atoms with Crippen molar-refractivity contribution >= 4 is 28.2 Å². The number of rotatable bonds is 5. The molecule has 24 heavy (non-hydrogen) atoms. The van der Waals surface area contributed by atoms with E-state index in [1.165, 1.54) is 0 Å². The quantitative estimate of drug-likeness (QED) is 0.567. The highest BCUT2D eigenvalue weighted by Crippen LogP contribution is 2.38. The van der Waals surface area contributed by atoms with Crippen LogP contribution in [0.2, 0.25) is 5.02 Å². The molecule has 1 aromatic heterocycles. The van der Waals surface area contributed by atoms with Crippen molar-refractivity contribution in [3.63, 3.8) is 0 Å². The first-order chi connectivity index (χ1) is 11.6. The van der Waals surface area contributed by atoms with E-state index in [2.05, 4.69) is 15.5 Å². The fraction of sp³-hybridized carbons (Fsp3) is 0.176. The number of aliphatic hydroxyl groups is 2. The van der Waals surface area contributed by atoms with Crippen molar-refractivity contribution in [3.05, 3.63) is 47.5 Å². The third-order valence-electron chi connectivity index (χ3n) is 3.63. The number of nitrogens with one attached hydrogen (secondary N) is 1. The van der Waals surface area contributed by atoms with Crippen LogP contribution >= 0.6 is 11.6 Å². The summed E-state index contributed by atoms with van der Waals surface area (Å²) in [5.41, 5.74) is 0.895. The zero-order valence-corrected chi connectivity index (χ0v) is 13.4. The Bertz CT molecular complexity index is 853. The molecule has 0 fully saturated rings. The van der Waals surface area contributed by atoms with Gasteiger partial charge in [-0.2, -0.15) is 0 Å². The highest BCUT2D eigenvalue weighted by Gasteiger charge is 2.16. The minimum absolute atomic E-state index is 0.0263. The largest absolute Gasteiger partial charge is 0.507 e. The summed E-state index contributed by atoms with van der Waals surface area (Å²) in [4.78, 5) is 0. The lowest BCUT2D eigenvalue weighted by atomic mass is 10.0. The summed E-state index contributed by atoms with van der Waals surface area (Å²) in [6, 6.07) is 12.3. The van der Waals surface area contributed by atoms with E-state index < -0.39 is 6.10 Å². The average molecular weight is 346 g/mol. The van der Waals surface area contributed by atoms with Crippen molar-refractivity contribution < 1.29 is 15.3 Å². The van der Waals surface area contributed by atoms with Gasteiger partial charge in [0.05, 0.1) is 23.3 Å². The van der Waals surface area contributed by atoms with Gasteiger partial charge in [0.15, 0.2) is 5.82 Å². The Labute approximate surface area is 143 Å². The molecule has 0 aliphatic rings. The molecule has 0 bridgehead atoms. The first-order valence-electron chi connectivity index (χ1n) is 7.38. The van der Waals surface area contributed by atoms with Crippen LogP contribution < -0.4 is 5.32 Å². The van der Waals surface area contributed by atoms with Crippen molar-refractivity contribution in [1.29, 1.82) is 0 Å². The van der Waals surface area contributed by atoms with Crippen LogP contribution in [0.25, 0.3) is 22.0 Å². The van der Waals surface area contributed by atoms with Gasteiger partial charge in [0.1, 0.15) is 11.4 Å².